The number of benzene rings is 1. The molecule has 104 valence electrons. The first kappa shape index (κ1) is 13.7. The topological polar surface area (TPSA) is 75.8 Å². The number of carbonyl (C=O) groups excluding carboxylic acids is 1. The van der Waals surface area contributed by atoms with Crippen LogP contribution in [-0.2, 0) is 0 Å². The van der Waals surface area contributed by atoms with Crippen LogP contribution in [-0.4, -0.2) is 42.2 Å². The van der Waals surface area contributed by atoms with Gasteiger partial charge in [0.2, 0.25) is 0 Å². The molecule has 0 saturated carbocycles. The number of para-hydroxylation sites is 1. The Balaban J connectivity index is 2.32. The van der Waals surface area contributed by atoms with Crippen LogP contribution in [0.3, 0.4) is 0 Å². The Bertz CT molecular complexity index is 476. The van der Waals surface area contributed by atoms with E-state index in [-0.39, 0.29) is 18.6 Å². The number of nitrogens with two attached hydrogens (primary N) is 1. The average molecular weight is 264 g/mol. The van der Waals surface area contributed by atoms with E-state index in [0.29, 0.717) is 29.5 Å². The van der Waals surface area contributed by atoms with Gasteiger partial charge in [-0.25, -0.2) is 0 Å². The Kier molecular flexibility index (Phi) is 3.95. The molecular weight excluding hydrogens is 244 g/mol. The van der Waals surface area contributed by atoms with Gasteiger partial charge in [-0.3, -0.25) is 4.79 Å². The molecule has 0 aliphatic carbocycles. The van der Waals surface area contributed by atoms with Crippen molar-refractivity contribution in [1.29, 1.82) is 0 Å². The van der Waals surface area contributed by atoms with E-state index in [1.807, 2.05) is 6.92 Å². The van der Waals surface area contributed by atoms with Crippen LogP contribution >= 0.6 is 0 Å². The largest absolute Gasteiger partial charge is 0.494 e. The number of hydrogen-bond acceptors (Lipinski definition) is 4. The summed E-state index contributed by atoms with van der Waals surface area (Å²) in [6.07, 6.45) is 0.904. The molecule has 0 aromatic heterocycles. The lowest BCUT2D eigenvalue weighted by Gasteiger charge is -2.26. The van der Waals surface area contributed by atoms with E-state index in [2.05, 4.69) is 0 Å². The van der Waals surface area contributed by atoms with Gasteiger partial charge in [-0.15, -0.1) is 0 Å². The first-order chi connectivity index (χ1) is 9.10. The van der Waals surface area contributed by atoms with Crippen molar-refractivity contribution >= 4 is 11.6 Å². The number of nitrogen functional groups attached to an aromatic ring is 1. The smallest absolute Gasteiger partial charge is 0.258 e. The lowest BCUT2D eigenvalue weighted by atomic mass is 10.0. The highest BCUT2D eigenvalue weighted by Crippen LogP contribution is 2.31. The van der Waals surface area contributed by atoms with Gasteiger partial charge in [-0.1, -0.05) is 13.0 Å². The van der Waals surface area contributed by atoms with Gasteiger partial charge < -0.3 is 20.5 Å². The molecule has 5 heteroatoms. The van der Waals surface area contributed by atoms with Crippen LogP contribution in [0.1, 0.15) is 23.7 Å². The van der Waals surface area contributed by atoms with E-state index in [0.717, 1.165) is 6.42 Å². The van der Waals surface area contributed by atoms with Gasteiger partial charge in [0.05, 0.1) is 31.0 Å². The molecule has 0 radical (unpaired) electrons. The predicted octanol–water partition coefficient (Wildman–Crippen LogP) is 1.12. The Morgan fingerprint density at radius 3 is 2.95 bits per heavy atom. The number of ether oxygens (including phenoxy) is 1. The van der Waals surface area contributed by atoms with Crippen molar-refractivity contribution in [2.24, 2.45) is 5.92 Å². The first-order valence-corrected chi connectivity index (χ1v) is 6.44. The monoisotopic (exact) mass is 264 g/mol. The minimum atomic E-state index is -0.132. The fraction of sp³-hybridized carbons (Fsp3) is 0.500. The normalized spacial score (nSPS) is 22.6. The van der Waals surface area contributed by atoms with Gasteiger partial charge in [0.15, 0.2) is 5.75 Å². The predicted molar refractivity (Wildman–Crippen MR) is 73.1 cm³/mol. The number of nitrogens with zero attached hydrogens (tertiary/aromatic N) is 1. The van der Waals surface area contributed by atoms with Crippen molar-refractivity contribution in [2.75, 3.05) is 26.0 Å². The van der Waals surface area contributed by atoms with E-state index in [4.69, 9.17) is 10.5 Å². The molecule has 0 bridgehead atoms. The molecule has 19 heavy (non-hydrogen) atoms. The second kappa shape index (κ2) is 5.48. The molecule has 1 aromatic carbocycles. The molecule has 3 N–H and O–H groups in total. The van der Waals surface area contributed by atoms with Crippen molar-refractivity contribution < 1.29 is 14.6 Å². The maximum absolute atomic E-state index is 12.6. The molecule has 1 aliphatic rings. The summed E-state index contributed by atoms with van der Waals surface area (Å²) in [7, 11) is 1.50. The maximum Gasteiger partial charge on any atom is 0.258 e. The zero-order chi connectivity index (χ0) is 14.0. The van der Waals surface area contributed by atoms with Crippen molar-refractivity contribution in [2.45, 2.75) is 19.4 Å². The Morgan fingerprint density at radius 1 is 1.58 bits per heavy atom. The summed E-state index contributed by atoms with van der Waals surface area (Å²) in [5.74, 6) is 0.581. The van der Waals surface area contributed by atoms with Crippen LogP contribution in [0.25, 0.3) is 0 Å². The highest BCUT2D eigenvalue weighted by Gasteiger charge is 2.35. The number of rotatable bonds is 3. The van der Waals surface area contributed by atoms with Crippen LogP contribution in [0.5, 0.6) is 5.75 Å². The number of carbonyl (C=O) groups is 1. The minimum Gasteiger partial charge on any atom is -0.494 e. The summed E-state index contributed by atoms with van der Waals surface area (Å²) in [4.78, 5) is 14.3. The highest BCUT2D eigenvalue weighted by molar-refractivity contribution is 5.99. The molecule has 1 amide bonds. The van der Waals surface area contributed by atoms with Gasteiger partial charge >= 0.3 is 0 Å². The average Bonchev–Trinajstić information content (AvgIpc) is 2.78. The Morgan fingerprint density at radius 2 is 2.32 bits per heavy atom. The summed E-state index contributed by atoms with van der Waals surface area (Å²) < 4.78 is 5.22. The SMILES string of the molecule is COc1c(N)cccc1C(=O)N1CCC(C)C1CO. The number of amides is 1. The van der Waals surface area contributed by atoms with Gasteiger partial charge in [0.25, 0.3) is 5.91 Å². The van der Waals surface area contributed by atoms with Crippen LogP contribution in [0, 0.1) is 5.92 Å². The fourth-order valence-corrected chi connectivity index (χ4v) is 2.64. The van der Waals surface area contributed by atoms with E-state index in [1.54, 1.807) is 23.1 Å². The second-order valence-corrected chi connectivity index (χ2v) is 4.94. The zero-order valence-corrected chi connectivity index (χ0v) is 11.3. The van der Waals surface area contributed by atoms with Gasteiger partial charge in [0.1, 0.15) is 0 Å². The molecular formula is C14H20N2O3. The summed E-state index contributed by atoms with van der Waals surface area (Å²) in [6, 6.07) is 5.01. The number of anilines is 1. The quantitative estimate of drug-likeness (QED) is 0.802. The molecule has 1 aromatic rings. The van der Waals surface area contributed by atoms with E-state index in [1.165, 1.54) is 7.11 Å². The maximum atomic E-state index is 12.6. The third-order valence-electron chi connectivity index (χ3n) is 3.81. The Hall–Kier alpha value is -1.75. The van der Waals surface area contributed by atoms with Crippen LogP contribution < -0.4 is 10.5 Å². The van der Waals surface area contributed by atoms with Crippen molar-refractivity contribution in [3.63, 3.8) is 0 Å². The van der Waals surface area contributed by atoms with Gasteiger partial charge in [-0.05, 0) is 24.5 Å². The van der Waals surface area contributed by atoms with Gasteiger partial charge in [-0.2, -0.15) is 0 Å². The molecule has 0 spiro atoms. The molecule has 1 saturated heterocycles. The first-order valence-electron chi connectivity index (χ1n) is 6.44. The second-order valence-electron chi connectivity index (χ2n) is 4.94. The molecule has 1 heterocycles. The van der Waals surface area contributed by atoms with E-state index < -0.39 is 0 Å². The summed E-state index contributed by atoms with van der Waals surface area (Å²) >= 11 is 0. The lowest BCUT2D eigenvalue weighted by molar-refractivity contribution is 0.0645. The molecule has 2 rings (SSSR count). The number of likely N-dealkylation sites (tertiary alicyclic amines) is 1. The summed E-state index contributed by atoms with van der Waals surface area (Å²) in [5, 5.41) is 9.43. The van der Waals surface area contributed by atoms with Crippen LogP contribution in [0.2, 0.25) is 0 Å². The van der Waals surface area contributed by atoms with E-state index >= 15 is 0 Å². The summed E-state index contributed by atoms with van der Waals surface area (Å²) in [6.45, 7) is 2.69. The molecule has 1 fully saturated rings. The fourth-order valence-electron chi connectivity index (χ4n) is 2.64. The molecule has 5 nitrogen and oxygen atoms in total. The Labute approximate surface area is 113 Å². The number of methoxy groups -OCH3 is 1. The third kappa shape index (κ3) is 2.38. The minimum absolute atomic E-state index is 0.0163. The van der Waals surface area contributed by atoms with Crippen LogP contribution in [0.15, 0.2) is 18.2 Å². The summed E-state index contributed by atoms with van der Waals surface area (Å²) in [5.41, 5.74) is 6.72. The number of aliphatic hydroxyl groups excluding tert-OH is 1. The highest BCUT2D eigenvalue weighted by atomic mass is 16.5. The number of aliphatic hydroxyl groups is 1. The molecule has 2 atom stereocenters. The van der Waals surface area contributed by atoms with Crippen molar-refractivity contribution in [3.05, 3.63) is 23.8 Å². The third-order valence-corrected chi connectivity index (χ3v) is 3.81. The van der Waals surface area contributed by atoms with Gasteiger partial charge in [0, 0.05) is 6.54 Å². The molecule has 1 aliphatic heterocycles. The standard InChI is InChI=1S/C14H20N2O3/c1-9-6-7-16(12(9)8-17)14(18)10-4-3-5-11(15)13(10)19-2/h3-5,9,12,17H,6-8,15H2,1-2H3. The van der Waals surface area contributed by atoms with Crippen molar-refractivity contribution in [3.8, 4) is 5.75 Å². The van der Waals surface area contributed by atoms with Crippen molar-refractivity contribution in [1.82, 2.24) is 4.90 Å². The van der Waals surface area contributed by atoms with Crippen LogP contribution in [0.4, 0.5) is 5.69 Å². The zero-order valence-electron chi connectivity index (χ0n) is 11.3. The lowest BCUT2D eigenvalue weighted by Crippen LogP contribution is -2.40. The number of hydrogen-bond donors (Lipinski definition) is 2. The van der Waals surface area contributed by atoms with E-state index in [9.17, 15) is 9.90 Å². The molecule has 2 unspecified atom stereocenters.